The molecule has 0 spiro atoms. The van der Waals surface area contributed by atoms with E-state index in [1.165, 1.54) is 7.11 Å². The number of esters is 1. The maximum absolute atomic E-state index is 11.5. The smallest absolute Gasteiger partial charge is 0.346 e. The Bertz CT molecular complexity index is 434. The Morgan fingerprint density at radius 2 is 2.10 bits per heavy atom. The van der Waals surface area contributed by atoms with Gasteiger partial charge >= 0.3 is 5.97 Å². The molecular weight excluding hydrogens is 258 g/mol. The number of hydrogen-bond donors (Lipinski definition) is 1. The lowest BCUT2D eigenvalue weighted by atomic mass is 10.1. The first-order valence-electron chi connectivity index (χ1n) is 6.62. The average molecular weight is 281 g/mol. The van der Waals surface area contributed by atoms with Crippen LogP contribution in [0, 0.1) is 6.92 Å². The van der Waals surface area contributed by atoms with Crippen LogP contribution in [0.25, 0.3) is 0 Å². The summed E-state index contributed by atoms with van der Waals surface area (Å²) < 4.78 is 15.4. The van der Waals surface area contributed by atoms with Gasteiger partial charge in [-0.3, -0.25) is 0 Å². The highest BCUT2D eigenvalue weighted by molar-refractivity contribution is 5.74. The number of carbonyl (C=O) groups is 1. The number of para-hydroxylation sites is 1. The summed E-state index contributed by atoms with van der Waals surface area (Å²) in [6, 6.07) is 5.91. The number of hydrogen-bond acceptors (Lipinski definition) is 5. The zero-order valence-corrected chi connectivity index (χ0v) is 12.6. The second kappa shape index (κ2) is 8.55. The lowest BCUT2D eigenvalue weighted by Gasteiger charge is -2.18. The van der Waals surface area contributed by atoms with Crippen LogP contribution >= 0.6 is 0 Å². The fraction of sp³-hybridized carbons (Fsp3) is 0.533. The first-order chi connectivity index (χ1) is 9.60. The second-order valence-electron chi connectivity index (χ2n) is 4.52. The van der Waals surface area contributed by atoms with Crippen molar-refractivity contribution in [2.24, 2.45) is 0 Å². The molecule has 0 radical (unpaired) electrons. The van der Waals surface area contributed by atoms with E-state index < -0.39 is 6.10 Å². The third-order valence-electron chi connectivity index (χ3n) is 2.92. The summed E-state index contributed by atoms with van der Waals surface area (Å²) in [7, 11) is 3.02. The van der Waals surface area contributed by atoms with E-state index in [-0.39, 0.29) is 5.97 Å². The van der Waals surface area contributed by atoms with Gasteiger partial charge < -0.3 is 19.5 Å². The normalized spacial score (nSPS) is 12.0. The van der Waals surface area contributed by atoms with E-state index in [9.17, 15) is 4.79 Å². The number of benzene rings is 1. The van der Waals surface area contributed by atoms with Gasteiger partial charge in [-0.15, -0.1) is 0 Å². The first kappa shape index (κ1) is 16.5. The molecule has 0 saturated heterocycles. The molecular formula is C15H23NO4. The van der Waals surface area contributed by atoms with E-state index in [0.29, 0.717) is 13.2 Å². The van der Waals surface area contributed by atoms with Crippen molar-refractivity contribution in [3.8, 4) is 5.75 Å². The molecule has 0 bridgehead atoms. The van der Waals surface area contributed by atoms with Crippen LogP contribution in [-0.2, 0) is 20.8 Å². The highest BCUT2D eigenvalue weighted by Crippen LogP contribution is 2.24. The van der Waals surface area contributed by atoms with E-state index >= 15 is 0 Å². The minimum absolute atomic E-state index is 0.383. The lowest BCUT2D eigenvalue weighted by Crippen LogP contribution is -2.26. The minimum Gasteiger partial charge on any atom is -0.478 e. The van der Waals surface area contributed by atoms with Crippen molar-refractivity contribution in [3.63, 3.8) is 0 Å². The summed E-state index contributed by atoms with van der Waals surface area (Å²) in [5.74, 6) is 0.349. The summed E-state index contributed by atoms with van der Waals surface area (Å²) >= 11 is 0. The molecule has 0 aliphatic rings. The van der Waals surface area contributed by atoms with Gasteiger partial charge in [0.25, 0.3) is 0 Å². The van der Waals surface area contributed by atoms with Crippen LogP contribution in [0.2, 0.25) is 0 Å². The molecule has 0 aliphatic heterocycles. The van der Waals surface area contributed by atoms with Gasteiger partial charge in [-0.1, -0.05) is 18.2 Å². The van der Waals surface area contributed by atoms with Crippen molar-refractivity contribution in [3.05, 3.63) is 29.3 Å². The van der Waals surface area contributed by atoms with E-state index in [4.69, 9.17) is 9.47 Å². The van der Waals surface area contributed by atoms with E-state index in [1.54, 1.807) is 14.0 Å². The minimum atomic E-state index is -0.626. The molecule has 20 heavy (non-hydrogen) atoms. The zero-order valence-electron chi connectivity index (χ0n) is 12.6. The van der Waals surface area contributed by atoms with Crippen molar-refractivity contribution >= 4 is 5.97 Å². The fourth-order valence-corrected chi connectivity index (χ4v) is 1.81. The molecule has 0 aliphatic carbocycles. The van der Waals surface area contributed by atoms with Crippen LogP contribution in [0.5, 0.6) is 5.75 Å². The topological polar surface area (TPSA) is 56.8 Å². The van der Waals surface area contributed by atoms with Crippen molar-refractivity contribution < 1.29 is 19.0 Å². The summed E-state index contributed by atoms with van der Waals surface area (Å²) in [6.07, 6.45) is -0.626. The Labute approximate surface area is 120 Å². The molecule has 1 N–H and O–H groups in total. The Balaban J connectivity index is 2.75. The SMILES string of the molecule is COCCNCc1cccc(C)c1OC(C)C(=O)OC. The maximum Gasteiger partial charge on any atom is 0.346 e. The number of aryl methyl sites for hydroxylation is 1. The van der Waals surface area contributed by atoms with Gasteiger partial charge in [-0.05, 0) is 19.4 Å². The van der Waals surface area contributed by atoms with Gasteiger partial charge in [0.15, 0.2) is 6.10 Å². The Morgan fingerprint density at radius 1 is 1.35 bits per heavy atom. The summed E-state index contributed by atoms with van der Waals surface area (Å²) in [6.45, 7) is 5.71. The van der Waals surface area contributed by atoms with Gasteiger partial charge in [-0.2, -0.15) is 0 Å². The lowest BCUT2D eigenvalue weighted by molar-refractivity contribution is -0.147. The molecule has 1 aromatic rings. The largest absolute Gasteiger partial charge is 0.478 e. The molecule has 5 nitrogen and oxygen atoms in total. The molecule has 1 atom stereocenters. The molecule has 0 aromatic heterocycles. The Kier molecular flexibility index (Phi) is 7.04. The first-order valence-corrected chi connectivity index (χ1v) is 6.62. The number of methoxy groups -OCH3 is 2. The third kappa shape index (κ3) is 4.83. The van der Waals surface area contributed by atoms with Crippen LogP contribution in [0.4, 0.5) is 0 Å². The van der Waals surface area contributed by atoms with Gasteiger partial charge in [0.05, 0.1) is 13.7 Å². The number of nitrogens with one attached hydrogen (secondary N) is 1. The predicted molar refractivity (Wildman–Crippen MR) is 76.9 cm³/mol. The molecule has 112 valence electrons. The summed E-state index contributed by atoms with van der Waals surface area (Å²) in [5, 5.41) is 3.27. The van der Waals surface area contributed by atoms with Crippen molar-refractivity contribution in [1.29, 1.82) is 0 Å². The molecule has 1 aromatic carbocycles. The van der Waals surface area contributed by atoms with Gasteiger partial charge in [-0.25, -0.2) is 4.79 Å². The van der Waals surface area contributed by atoms with Crippen LogP contribution in [-0.4, -0.2) is 39.4 Å². The van der Waals surface area contributed by atoms with Crippen molar-refractivity contribution in [2.75, 3.05) is 27.4 Å². The zero-order chi connectivity index (χ0) is 15.0. The van der Waals surface area contributed by atoms with Gasteiger partial charge in [0.1, 0.15) is 5.75 Å². The molecule has 0 amide bonds. The van der Waals surface area contributed by atoms with E-state index in [1.807, 2.05) is 25.1 Å². The highest BCUT2D eigenvalue weighted by Gasteiger charge is 2.17. The number of rotatable bonds is 8. The Morgan fingerprint density at radius 3 is 2.75 bits per heavy atom. The number of ether oxygens (including phenoxy) is 3. The van der Waals surface area contributed by atoms with E-state index in [2.05, 4.69) is 10.1 Å². The molecule has 1 rings (SSSR count). The Hall–Kier alpha value is -1.59. The molecule has 0 fully saturated rings. The van der Waals surface area contributed by atoms with Gasteiger partial charge in [0, 0.05) is 25.8 Å². The van der Waals surface area contributed by atoms with Crippen molar-refractivity contribution in [1.82, 2.24) is 5.32 Å². The predicted octanol–water partition coefficient (Wildman–Crippen LogP) is 1.67. The second-order valence-corrected chi connectivity index (χ2v) is 4.52. The molecule has 0 saturated carbocycles. The fourth-order valence-electron chi connectivity index (χ4n) is 1.81. The van der Waals surface area contributed by atoms with E-state index in [0.717, 1.165) is 23.4 Å². The quantitative estimate of drug-likeness (QED) is 0.580. The van der Waals surface area contributed by atoms with Crippen LogP contribution < -0.4 is 10.1 Å². The van der Waals surface area contributed by atoms with Crippen LogP contribution in [0.15, 0.2) is 18.2 Å². The third-order valence-corrected chi connectivity index (χ3v) is 2.92. The van der Waals surface area contributed by atoms with Gasteiger partial charge in [0.2, 0.25) is 0 Å². The molecule has 0 heterocycles. The average Bonchev–Trinajstić information content (AvgIpc) is 2.45. The highest BCUT2D eigenvalue weighted by atomic mass is 16.6. The maximum atomic E-state index is 11.5. The summed E-state index contributed by atoms with van der Waals surface area (Å²) in [4.78, 5) is 11.5. The number of carbonyl (C=O) groups excluding carboxylic acids is 1. The standard InChI is InChI=1S/C15H23NO4/c1-11-6-5-7-13(10-16-8-9-18-3)14(11)20-12(2)15(17)19-4/h5-7,12,16H,8-10H2,1-4H3. The van der Waals surface area contributed by atoms with Crippen molar-refractivity contribution in [2.45, 2.75) is 26.5 Å². The summed E-state index contributed by atoms with van der Waals surface area (Å²) in [5.41, 5.74) is 2.00. The molecule has 1 unspecified atom stereocenters. The monoisotopic (exact) mass is 281 g/mol. The van der Waals surface area contributed by atoms with Crippen LogP contribution in [0.3, 0.4) is 0 Å². The van der Waals surface area contributed by atoms with Crippen LogP contribution in [0.1, 0.15) is 18.1 Å². The molecule has 5 heteroatoms.